The van der Waals surface area contributed by atoms with E-state index < -0.39 is 0 Å². The summed E-state index contributed by atoms with van der Waals surface area (Å²) in [7, 11) is 0. The van der Waals surface area contributed by atoms with E-state index in [-0.39, 0.29) is 13.2 Å². The molecule has 0 aromatic rings. The molecule has 6 rings (SSSR count). The monoisotopic (exact) mass is 288 g/mol. The molecule has 6 bridgehead atoms. The molecule has 21 heavy (non-hydrogen) atoms. The number of aliphatic hydroxyl groups is 2. The van der Waals surface area contributed by atoms with Crippen molar-refractivity contribution in [2.24, 2.45) is 59.2 Å². The normalized spacial score (nSPS) is 68.1. The second-order valence-electron chi connectivity index (χ2n) is 8.58. The largest absolute Gasteiger partial charge is 0.396 e. The molecule has 2 saturated heterocycles. The van der Waals surface area contributed by atoms with Crippen LogP contribution in [-0.4, -0.2) is 35.6 Å². The fourth-order valence-electron chi connectivity index (χ4n) is 8.10. The van der Waals surface area contributed by atoms with Crippen molar-refractivity contribution in [1.29, 1.82) is 0 Å². The Morgan fingerprint density at radius 2 is 1.29 bits per heavy atom. The van der Waals surface area contributed by atoms with Crippen LogP contribution >= 0.6 is 0 Å². The zero-order valence-electron chi connectivity index (χ0n) is 12.2. The molecule has 0 radical (unpaired) electrons. The highest BCUT2D eigenvalue weighted by Gasteiger charge is 2.73. The van der Waals surface area contributed by atoms with Crippen molar-refractivity contribution in [2.75, 3.05) is 13.2 Å². The van der Waals surface area contributed by atoms with Crippen molar-refractivity contribution in [3.63, 3.8) is 0 Å². The van der Waals surface area contributed by atoms with E-state index in [1.165, 1.54) is 12.8 Å². The molecule has 2 aliphatic heterocycles. The lowest BCUT2D eigenvalue weighted by molar-refractivity contribution is -0.00419. The van der Waals surface area contributed by atoms with Crippen molar-refractivity contribution in [3.8, 4) is 0 Å². The molecule has 0 spiro atoms. The van der Waals surface area contributed by atoms with Crippen LogP contribution in [0.1, 0.15) is 12.8 Å². The van der Waals surface area contributed by atoms with E-state index in [9.17, 15) is 10.2 Å². The molecule has 114 valence electrons. The number of ether oxygens (including phenoxy) is 1. The van der Waals surface area contributed by atoms with Crippen LogP contribution in [0.25, 0.3) is 0 Å². The zero-order chi connectivity index (χ0) is 13.9. The topological polar surface area (TPSA) is 49.7 Å². The van der Waals surface area contributed by atoms with E-state index in [2.05, 4.69) is 12.2 Å². The first kappa shape index (κ1) is 12.1. The predicted molar refractivity (Wildman–Crippen MR) is 76.1 cm³/mol. The first-order chi connectivity index (χ1) is 10.3. The second-order valence-corrected chi connectivity index (χ2v) is 8.58. The minimum Gasteiger partial charge on any atom is -0.396 e. The summed E-state index contributed by atoms with van der Waals surface area (Å²) in [4.78, 5) is 0. The van der Waals surface area contributed by atoms with Gasteiger partial charge in [0.1, 0.15) is 0 Å². The van der Waals surface area contributed by atoms with E-state index in [0.717, 1.165) is 23.7 Å². The quantitative estimate of drug-likeness (QED) is 0.753. The van der Waals surface area contributed by atoms with Crippen LogP contribution in [0.4, 0.5) is 0 Å². The maximum Gasteiger partial charge on any atom is 0.0651 e. The molecule has 4 aliphatic carbocycles. The maximum atomic E-state index is 9.81. The van der Waals surface area contributed by atoms with Gasteiger partial charge in [0.2, 0.25) is 0 Å². The highest BCUT2D eigenvalue weighted by molar-refractivity contribution is 5.26. The molecule has 3 saturated carbocycles. The van der Waals surface area contributed by atoms with E-state index >= 15 is 0 Å². The van der Waals surface area contributed by atoms with Crippen LogP contribution in [-0.2, 0) is 4.74 Å². The lowest BCUT2D eigenvalue weighted by Crippen LogP contribution is -2.49. The van der Waals surface area contributed by atoms with Gasteiger partial charge in [0.15, 0.2) is 0 Å². The number of hydrogen-bond acceptors (Lipinski definition) is 3. The van der Waals surface area contributed by atoms with E-state index in [4.69, 9.17) is 4.74 Å². The van der Waals surface area contributed by atoms with Gasteiger partial charge in [0.05, 0.1) is 12.2 Å². The maximum absolute atomic E-state index is 9.81. The van der Waals surface area contributed by atoms with Gasteiger partial charge in [-0.3, -0.25) is 0 Å². The molecule has 12 unspecified atom stereocenters. The van der Waals surface area contributed by atoms with Crippen molar-refractivity contribution in [1.82, 2.24) is 0 Å². The molecule has 0 amide bonds. The summed E-state index contributed by atoms with van der Waals surface area (Å²) >= 11 is 0. The Bertz CT molecular complexity index is 475. The summed E-state index contributed by atoms with van der Waals surface area (Å²) in [6, 6.07) is 0. The van der Waals surface area contributed by atoms with Crippen LogP contribution in [0.3, 0.4) is 0 Å². The molecule has 2 heterocycles. The molecular weight excluding hydrogens is 264 g/mol. The minimum atomic E-state index is 0.257. The Morgan fingerprint density at radius 1 is 0.762 bits per heavy atom. The van der Waals surface area contributed by atoms with Crippen LogP contribution in [0.15, 0.2) is 12.2 Å². The molecule has 2 N–H and O–H groups in total. The molecule has 0 aromatic heterocycles. The van der Waals surface area contributed by atoms with Gasteiger partial charge in [0.25, 0.3) is 0 Å². The van der Waals surface area contributed by atoms with Crippen LogP contribution in [0.5, 0.6) is 0 Å². The average molecular weight is 288 g/mol. The first-order valence-electron chi connectivity index (χ1n) is 8.89. The Balaban J connectivity index is 1.41. The minimum absolute atomic E-state index is 0.257. The fourth-order valence-corrected chi connectivity index (χ4v) is 8.10. The fraction of sp³-hybridized carbons (Fsp3) is 0.889. The SMILES string of the molecule is OCC1C(CO)C2CC1C1C3OC(C4C5C=CC(C5)C34)C21. The van der Waals surface area contributed by atoms with Crippen molar-refractivity contribution >= 4 is 0 Å². The summed E-state index contributed by atoms with van der Waals surface area (Å²) in [6.45, 7) is 0.514. The van der Waals surface area contributed by atoms with Crippen LogP contribution in [0.2, 0.25) is 0 Å². The Hall–Kier alpha value is -0.380. The number of allylic oxidation sites excluding steroid dienone is 2. The number of aliphatic hydroxyl groups excluding tert-OH is 2. The second kappa shape index (κ2) is 3.74. The third kappa shape index (κ3) is 1.16. The van der Waals surface area contributed by atoms with Gasteiger partial charge >= 0.3 is 0 Å². The molecule has 3 nitrogen and oxygen atoms in total. The van der Waals surface area contributed by atoms with Crippen LogP contribution in [0, 0.1) is 59.2 Å². The van der Waals surface area contributed by atoms with E-state index in [1.54, 1.807) is 0 Å². The molecule has 3 heteroatoms. The summed E-state index contributed by atoms with van der Waals surface area (Å²) in [5, 5.41) is 19.6. The lowest BCUT2D eigenvalue weighted by Gasteiger charge is -2.45. The standard InChI is InChI=1S/C18H24O3/c19-5-11-9-4-10(12(11)6-20)16-15(9)17-13-7-1-2-8(3-7)14(13)18(16)21-17/h1-2,7-20H,3-6H2. The number of fused-ring (bicyclic) bond motifs is 16. The van der Waals surface area contributed by atoms with Crippen molar-refractivity contribution in [2.45, 2.75) is 25.0 Å². The van der Waals surface area contributed by atoms with Gasteiger partial charge in [-0.25, -0.2) is 0 Å². The first-order valence-corrected chi connectivity index (χ1v) is 8.89. The lowest BCUT2D eigenvalue weighted by atomic mass is 9.57. The molecule has 12 atom stereocenters. The van der Waals surface area contributed by atoms with Gasteiger partial charge in [-0.2, -0.15) is 0 Å². The summed E-state index contributed by atoms with van der Waals surface area (Å²) in [5.74, 6) is 6.36. The zero-order valence-corrected chi connectivity index (χ0v) is 12.2. The van der Waals surface area contributed by atoms with Crippen molar-refractivity contribution < 1.29 is 14.9 Å². The van der Waals surface area contributed by atoms with Crippen LogP contribution < -0.4 is 0 Å². The Labute approximate surface area is 125 Å². The average Bonchev–Trinajstić information content (AvgIpc) is 3.30. The molecule has 6 aliphatic rings. The number of hydrogen-bond donors (Lipinski definition) is 2. The highest BCUT2D eigenvalue weighted by Crippen LogP contribution is 2.72. The third-order valence-electron chi connectivity index (χ3n) is 8.46. The summed E-state index contributed by atoms with van der Waals surface area (Å²) in [5.41, 5.74) is 0. The van der Waals surface area contributed by atoms with Gasteiger partial charge in [-0.05, 0) is 72.0 Å². The number of rotatable bonds is 2. The molecule has 0 aromatic carbocycles. The van der Waals surface area contributed by atoms with E-state index in [1.807, 2.05) is 0 Å². The Kier molecular flexibility index (Phi) is 2.16. The smallest absolute Gasteiger partial charge is 0.0651 e. The Morgan fingerprint density at radius 3 is 1.76 bits per heavy atom. The predicted octanol–water partition coefficient (Wildman–Crippen LogP) is 1.30. The van der Waals surface area contributed by atoms with E-state index in [0.29, 0.717) is 47.7 Å². The van der Waals surface area contributed by atoms with Crippen molar-refractivity contribution in [3.05, 3.63) is 12.2 Å². The van der Waals surface area contributed by atoms with Gasteiger partial charge in [0, 0.05) is 13.2 Å². The molecule has 5 fully saturated rings. The highest BCUT2D eigenvalue weighted by atomic mass is 16.5. The third-order valence-corrected chi connectivity index (χ3v) is 8.46. The van der Waals surface area contributed by atoms with Gasteiger partial charge < -0.3 is 14.9 Å². The summed E-state index contributed by atoms with van der Waals surface area (Å²) < 4.78 is 6.55. The van der Waals surface area contributed by atoms with Gasteiger partial charge in [-0.1, -0.05) is 12.2 Å². The molecular formula is C18H24O3. The van der Waals surface area contributed by atoms with Gasteiger partial charge in [-0.15, -0.1) is 0 Å². The summed E-state index contributed by atoms with van der Waals surface area (Å²) in [6.07, 6.45) is 8.45.